The van der Waals surface area contributed by atoms with Crippen molar-refractivity contribution in [1.29, 1.82) is 0 Å². The Morgan fingerprint density at radius 2 is 1.89 bits per heavy atom. The average Bonchev–Trinajstić information content (AvgIpc) is 3.37. The Kier molecular flexibility index (Phi) is 6.15. The largest absolute Gasteiger partial charge is 0.384 e. The van der Waals surface area contributed by atoms with Gasteiger partial charge in [0.05, 0.1) is 23.1 Å². The molecule has 2 N–H and O–H groups in total. The van der Waals surface area contributed by atoms with Crippen LogP contribution in [0, 0.1) is 6.92 Å². The molecule has 6 rings (SSSR count). The number of anilines is 1. The highest BCUT2D eigenvalue weighted by atomic mass is 16.3. The van der Waals surface area contributed by atoms with Crippen LogP contribution in [0.1, 0.15) is 53.7 Å². The number of ketones is 1. The van der Waals surface area contributed by atoms with E-state index in [1.54, 1.807) is 15.6 Å². The van der Waals surface area contributed by atoms with Gasteiger partial charge in [0.25, 0.3) is 5.91 Å². The first-order valence-corrected chi connectivity index (χ1v) is 13.1. The number of aliphatic hydroxyl groups excluding tert-OH is 1. The molecule has 1 amide bonds. The number of likely N-dealkylation sites (tertiary alicyclic amines) is 1. The zero-order valence-electron chi connectivity index (χ0n) is 21.5. The summed E-state index contributed by atoms with van der Waals surface area (Å²) in [6.07, 6.45) is 4.41. The fourth-order valence-corrected chi connectivity index (χ4v) is 5.60. The lowest BCUT2D eigenvalue weighted by Gasteiger charge is -2.33. The molecule has 38 heavy (non-hydrogen) atoms. The second-order valence-electron chi connectivity index (χ2n) is 10.1. The van der Waals surface area contributed by atoms with Crippen LogP contribution in [0.5, 0.6) is 0 Å². The molecule has 1 fully saturated rings. The quantitative estimate of drug-likeness (QED) is 0.429. The third-order valence-electron chi connectivity index (χ3n) is 7.62. The van der Waals surface area contributed by atoms with Crippen LogP contribution in [0.4, 0.5) is 5.82 Å². The molecule has 3 aromatic heterocycles. The number of Topliss-reactive ketones (excluding diaryl/α,β-unsaturated/α-hetero) is 1. The molecule has 194 valence electrons. The van der Waals surface area contributed by atoms with Gasteiger partial charge in [-0.05, 0) is 38.3 Å². The molecule has 0 radical (unpaired) electrons. The van der Waals surface area contributed by atoms with Gasteiger partial charge >= 0.3 is 0 Å². The van der Waals surface area contributed by atoms with Gasteiger partial charge in [-0.2, -0.15) is 9.61 Å². The monoisotopic (exact) mass is 510 g/mol. The Hall–Kier alpha value is -4.11. The van der Waals surface area contributed by atoms with Crippen molar-refractivity contribution < 1.29 is 14.7 Å². The molecule has 0 aliphatic carbocycles. The number of benzene rings is 1. The Morgan fingerprint density at radius 3 is 2.61 bits per heavy atom. The van der Waals surface area contributed by atoms with Gasteiger partial charge in [-0.15, -0.1) is 0 Å². The van der Waals surface area contributed by atoms with Crippen LogP contribution in [0.3, 0.4) is 0 Å². The minimum Gasteiger partial charge on any atom is -0.384 e. The number of hydrogen-bond acceptors (Lipinski definition) is 7. The molecule has 1 unspecified atom stereocenters. The van der Waals surface area contributed by atoms with Gasteiger partial charge in [0.1, 0.15) is 11.9 Å². The number of hydrogen-bond donors (Lipinski definition) is 2. The smallest absolute Gasteiger partial charge is 0.251 e. The first-order valence-electron chi connectivity index (χ1n) is 13.1. The molecule has 2 aliphatic heterocycles. The third-order valence-corrected chi connectivity index (χ3v) is 7.62. The Labute approximate surface area is 220 Å². The highest BCUT2D eigenvalue weighted by Crippen LogP contribution is 2.38. The first-order chi connectivity index (χ1) is 18.4. The summed E-state index contributed by atoms with van der Waals surface area (Å²) in [5.74, 6) is 0.513. The van der Waals surface area contributed by atoms with Crippen LogP contribution in [0.25, 0.3) is 28.0 Å². The van der Waals surface area contributed by atoms with Gasteiger partial charge in [0.15, 0.2) is 11.4 Å². The molecule has 0 bridgehead atoms. The summed E-state index contributed by atoms with van der Waals surface area (Å²) in [6.45, 7) is 5.15. The lowest BCUT2D eigenvalue weighted by Crippen LogP contribution is -2.43. The van der Waals surface area contributed by atoms with E-state index in [1.807, 2.05) is 36.5 Å². The Morgan fingerprint density at radius 1 is 1.13 bits per heavy atom. The molecule has 9 nitrogen and oxygen atoms in total. The molecule has 1 atom stereocenters. The van der Waals surface area contributed by atoms with Crippen LogP contribution in [-0.4, -0.2) is 67.0 Å². The van der Waals surface area contributed by atoms with E-state index in [4.69, 9.17) is 9.97 Å². The lowest BCUT2D eigenvalue weighted by atomic mass is 9.88. The lowest BCUT2D eigenvalue weighted by molar-refractivity contribution is -0.140. The van der Waals surface area contributed by atoms with Crippen LogP contribution < -0.4 is 5.32 Å². The van der Waals surface area contributed by atoms with E-state index in [0.717, 1.165) is 33.6 Å². The second kappa shape index (κ2) is 9.64. The van der Waals surface area contributed by atoms with E-state index < -0.39 is 6.10 Å². The maximum atomic E-state index is 13.1. The molecule has 0 saturated carbocycles. The van der Waals surface area contributed by atoms with Gasteiger partial charge in [0.2, 0.25) is 0 Å². The predicted octanol–water partition coefficient (Wildman–Crippen LogP) is 3.85. The van der Waals surface area contributed by atoms with Crippen molar-refractivity contribution in [3.05, 3.63) is 65.6 Å². The summed E-state index contributed by atoms with van der Waals surface area (Å²) in [5, 5.41) is 17.7. The minimum absolute atomic E-state index is 0.0260. The number of carbonyl (C=O) groups is 2. The number of fused-ring (bicyclic) bond motifs is 3. The highest BCUT2D eigenvalue weighted by Gasteiger charge is 2.33. The normalized spacial score (nSPS) is 16.8. The number of carbonyl (C=O) groups excluding carboxylic acids is 2. The molecule has 2 aliphatic rings. The number of aliphatic hydroxyl groups is 1. The molecule has 0 spiro atoms. The first kappa shape index (κ1) is 24.2. The van der Waals surface area contributed by atoms with Crippen molar-refractivity contribution in [1.82, 2.24) is 24.5 Å². The van der Waals surface area contributed by atoms with E-state index in [2.05, 4.69) is 23.4 Å². The summed E-state index contributed by atoms with van der Waals surface area (Å²) in [4.78, 5) is 36.9. The van der Waals surface area contributed by atoms with Gasteiger partial charge in [-0.3, -0.25) is 14.6 Å². The number of aryl methyl sites for hydroxylation is 1. The highest BCUT2D eigenvalue weighted by molar-refractivity contribution is 6.04. The predicted molar refractivity (Wildman–Crippen MR) is 144 cm³/mol. The van der Waals surface area contributed by atoms with Crippen molar-refractivity contribution in [2.24, 2.45) is 0 Å². The van der Waals surface area contributed by atoms with Gasteiger partial charge < -0.3 is 15.3 Å². The number of nitrogens with one attached hydrogen (secondary N) is 1. The fourth-order valence-electron chi connectivity index (χ4n) is 5.60. The summed E-state index contributed by atoms with van der Waals surface area (Å²) >= 11 is 0. The molecule has 5 heterocycles. The van der Waals surface area contributed by atoms with Crippen molar-refractivity contribution >= 4 is 23.2 Å². The third kappa shape index (κ3) is 4.12. The van der Waals surface area contributed by atoms with Crippen molar-refractivity contribution in [2.75, 3.05) is 25.0 Å². The maximum Gasteiger partial charge on any atom is 0.251 e. The topological polar surface area (TPSA) is 113 Å². The van der Waals surface area contributed by atoms with Crippen LogP contribution in [-0.2, 0) is 4.79 Å². The molecule has 1 saturated heterocycles. The standard InChI is InChI=1S/C29H30N6O3/c1-17-14-23(19-6-4-3-5-7-19)31-15-21(17)22-16-32-35-27(22)33-26(25-24(37)8-11-30-28(25)35)20-9-12-34(13-10-20)29(38)18(2)36/h3-7,14-16,18,20,30,36H,8-13H2,1-2H3. The summed E-state index contributed by atoms with van der Waals surface area (Å²) in [7, 11) is 0. The zero-order valence-corrected chi connectivity index (χ0v) is 21.5. The van der Waals surface area contributed by atoms with E-state index in [0.29, 0.717) is 55.9 Å². The summed E-state index contributed by atoms with van der Waals surface area (Å²) in [6, 6.07) is 12.1. The number of pyridine rings is 1. The van der Waals surface area contributed by atoms with Gasteiger partial charge in [-0.25, -0.2) is 4.98 Å². The molecule has 9 heteroatoms. The number of piperidine rings is 1. The van der Waals surface area contributed by atoms with Gasteiger partial charge in [0, 0.05) is 54.9 Å². The van der Waals surface area contributed by atoms with E-state index >= 15 is 0 Å². The van der Waals surface area contributed by atoms with Crippen LogP contribution in [0.2, 0.25) is 0 Å². The minimum atomic E-state index is -1.01. The molecular weight excluding hydrogens is 480 g/mol. The number of rotatable bonds is 4. The van der Waals surface area contributed by atoms with Gasteiger partial charge in [-0.1, -0.05) is 30.3 Å². The average molecular weight is 511 g/mol. The van der Waals surface area contributed by atoms with Crippen molar-refractivity contribution in [3.63, 3.8) is 0 Å². The molecule has 4 aromatic rings. The fraction of sp³-hybridized carbons (Fsp3) is 0.345. The van der Waals surface area contributed by atoms with E-state index in [-0.39, 0.29) is 17.6 Å². The zero-order chi connectivity index (χ0) is 26.4. The second-order valence-corrected chi connectivity index (χ2v) is 10.1. The maximum absolute atomic E-state index is 13.1. The van der Waals surface area contributed by atoms with Crippen LogP contribution >= 0.6 is 0 Å². The Balaban J connectivity index is 1.42. The molecular formula is C29H30N6O3. The number of nitrogens with zero attached hydrogens (tertiary/aromatic N) is 5. The summed E-state index contributed by atoms with van der Waals surface area (Å²) in [5.41, 5.74) is 6.87. The van der Waals surface area contributed by atoms with E-state index in [9.17, 15) is 14.7 Å². The number of aromatic nitrogens is 4. The van der Waals surface area contributed by atoms with Crippen molar-refractivity contribution in [3.8, 4) is 22.4 Å². The summed E-state index contributed by atoms with van der Waals surface area (Å²) < 4.78 is 1.74. The number of amides is 1. The van der Waals surface area contributed by atoms with E-state index in [1.165, 1.54) is 6.92 Å². The van der Waals surface area contributed by atoms with Crippen LogP contribution in [0.15, 0.2) is 48.8 Å². The Bertz CT molecular complexity index is 1540. The van der Waals surface area contributed by atoms with Crippen molar-refractivity contribution in [2.45, 2.75) is 45.1 Å². The SMILES string of the molecule is Cc1cc(-c2ccccc2)ncc1-c1cnn2c3c(c(C4CCN(C(=O)C(C)O)CC4)nc12)C(=O)CCN3. The molecule has 1 aromatic carbocycles.